The number of hydrogen-bond acceptors (Lipinski definition) is 5. The molecule has 0 amide bonds. The van der Waals surface area contributed by atoms with E-state index in [2.05, 4.69) is 9.71 Å². The number of halogens is 1. The highest BCUT2D eigenvalue weighted by molar-refractivity contribution is 7.84. The summed E-state index contributed by atoms with van der Waals surface area (Å²) in [4.78, 5) is 4.10. The molecule has 2 heterocycles. The number of hydrogen-bond donors (Lipinski definition) is 2. The Balaban J connectivity index is 2.04. The van der Waals surface area contributed by atoms with E-state index in [0.29, 0.717) is 28.0 Å². The number of ether oxygens (including phenoxy) is 1. The molecular formula is C21H25FN2O4S. The van der Waals surface area contributed by atoms with Crippen molar-refractivity contribution in [3.05, 3.63) is 53.3 Å². The molecule has 3 aromatic rings. The Morgan fingerprint density at radius 3 is 2.69 bits per heavy atom. The van der Waals surface area contributed by atoms with Crippen LogP contribution in [-0.2, 0) is 35.5 Å². The number of nitrogens with one attached hydrogen (secondary N) is 1. The molecule has 8 heteroatoms. The van der Waals surface area contributed by atoms with Gasteiger partial charge in [0, 0.05) is 29.8 Å². The van der Waals surface area contributed by atoms with Crippen LogP contribution in [-0.4, -0.2) is 26.2 Å². The van der Waals surface area contributed by atoms with E-state index in [1.165, 1.54) is 6.20 Å². The number of rotatable bonds is 7. The molecule has 2 N–H and O–H groups in total. The summed E-state index contributed by atoms with van der Waals surface area (Å²) in [6.07, 6.45) is 1.51. The third-order valence-electron chi connectivity index (χ3n) is 4.37. The second-order valence-electron chi connectivity index (χ2n) is 7.69. The lowest BCUT2D eigenvalue weighted by Gasteiger charge is -2.18. The summed E-state index contributed by atoms with van der Waals surface area (Å²) in [5.74, 6) is 0.0859. The Morgan fingerprint density at radius 2 is 2.03 bits per heavy atom. The van der Waals surface area contributed by atoms with Gasteiger partial charge < -0.3 is 14.3 Å². The maximum Gasteiger partial charge on any atom is 0.154 e. The van der Waals surface area contributed by atoms with Crippen molar-refractivity contribution in [3.8, 4) is 11.1 Å². The van der Waals surface area contributed by atoms with Crippen molar-refractivity contribution in [2.75, 3.05) is 7.11 Å². The number of methoxy groups -OCH3 is 1. The molecule has 0 saturated carbocycles. The molecule has 1 aromatic carbocycles. The number of aromatic nitrogens is 1. The molecule has 6 nitrogen and oxygen atoms in total. The average molecular weight is 421 g/mol. The summed E-state index contributed by atoms with van der Waals surface area (Å²) in [7, 11) is 0.220. The Hall–Kier alpha value is -2.13. The number of furan rings is 1. The van der Waals surface area contributed by atoms with E-state index in [1.54, 1.807) is 25.3 Å². The molecule has 3 rings (SSSR count). The molecule has 0 aliphatic carbocycles. The van der Waals surface area contributed by atoms with Crippen molar-refractivity contribution < 1.29 is 22.9 Å². The highest BCUT2D eigenvalue weighted by atomic mass is 32.2. The van der Waals surface area contributed by atoms with Gasteiger partial charge in [0.25, 0.3) is 0 Å². The first-order valence-electron chi connectivity index (χ1n) is 9.19. The number of pyridine rings is 1. The summed E-state index contributed by atoms with van der Waals surface area (Å²) >= 11 is 0. The predicted octanol–water partition coefficient (Wildman–Crippen LogP) is 3.82. The van der Waals surface area contributed by atoms with Gasteiger partial charge in [-0.3, -0.25) is 4.98 Å². The normalized spacial score (nSPS) is 13.2. The van der Waals surface area contributed by atoms with Gasteiger partial charge in [-0.05, 0) is 50.6 Å². The Labute approximate surface area is 171 Å². The van der Waals surface area contributed by atoms with Gasteiger partial charge in [0.1, 0.15) is 18.0 Å². The van der Waals surface area contributed by atoms with Crippen LogP contribution in [0.3, 0.4) is 0 Å². The Bertz CT molecular complexity index is 1040. The molecule has 0 radical (unpaired) electrons. The van der Waals surface area contributed by atoms with E-state index in [0.717, 1.165) is 5.39 Å². The van der Waals surface area contributed by atoms with Gasteiger partial charge in [0.15, 0.2) is 5.82 Å². The molecule has 0 unspecified atom stereocenters. The van der Waals surface area contributed by atoms with E-state index < -0.39 is 21.5 Å². The van der Waals surface area contributed by atoms with Crippen molar-refractivity contribution in [2.24, 2.45) is 0 Å². The number of aliphatic hydroxyl groups excluding tert-OH is 1. The van der Waals surface area contributed by atoms with E-state index in [4.69, 9.17) is 9.15 Å². The second kappa shape index (κ2) is 8.71. The average Bonchev–Trinajstić information content (AvgIpc) is 3.08. The third-order valence-corrected chi connectivity index (χ3v) is 5.89. The van der Waals surface area contributed by atoms with E-state index in [9.17, 15) is 9.32 Å². The number of nitrogens with zero attached hydrogens (tertiary/aromatic N) is 1. The van der Waals surface area contributed by atoms with Crippen LogP contribution in [0.1, 0.15) is 37.8 Å². The quantitative estimate of drug-likeness (QED) is 0.607. The lowest BCUT2D eigenvalue weighted by Crippen LogP contribution is -2.33. The topological polar surface area (TPSA) is 84.6 Å². The molecule has 0 aliphatic rings. The molecule has 156 valence electrons. The predicted molar refractivity (Wildman–Crippen MR) is 111 cm³/mol. The van der Waals surface area contributed by atoms with Crippen LogP contribution in [0.15, 0.2) is 34.9 Å². The first-order valence-corrected chi connectivity index (χ1v) is 10.3. The molecule has 0 aliphatic heterocycles. The van der Waals surface area contributed by atoms with Gasteiger partial charge in [-0.2, -0.15) is 0 Å². The Kier molecular flexibility index (Phi) is 6.48. The fraction of sp³-hybridized carbons (Fsp3) is 0.381. The van der Waals surface area contributed by atoms with E-state index in [-0.39, 0.29) is 25.5 Å². The minimum absolute atomic E-state index is 0.0272. The first kappa shape index (κ1) is 21.6. The minimum atomic E-state index is -1.35. The van der Waals surface area contributed by atoms with Gasteiger partial charge in [-0.25, -0.2) is 13.3 Å². The van der Waals surface area contributed by atoms with Crippen molar-refractivity contribution in [2.45, 2.75) is 45.3 Å². The van der Waals surface area contributed by atoms with Crippen LogP contribution >= 0.6 is 0 Å². The molecule has 1 atom stereocenters. The largest absolute Gasteiger partial charge is 0.458 e. The lowest BCUT2D eigenvalue weighted by atomic mass is 10.00. The zero-order valence-corrected chi connectivity index (χ0v) is 17.7. The summed E-state index contributed by atoms with van der Waals surface area (Å²) < 4.78 is 40.9. The fourth-order valence-electron chi connectivity index (χ4n) is 2.94. The van der Waals surface area contributed by atoms with E-state index >= 15 is 4.39 Å². The van der Waals surface area contributed by atoms with Crippen LogP contribution in [0.2, 0.25) is 0 Å². The number of fused-ring (bicyclic) bond motifs is 1. The second-order valence-corrected chi connectivity index (χ2v) is 9.74. The summed E-state index contributed by atoms with van der Waals surface area (Å²) in [5, 5.41) is 10.4. The third kappa shape index (κ3) is 4.72. The summed E-state index contributed by atoms with van der Waals surface area (Å²) in [5.41, 5.74) is 2.13. The van der Waals surface area contributed by atoms with Crippen molar-refractivity contribution in [1.82, 2.24) is 9.71 Å². The maximum absolute atomic E-state index is 15.3. The van der Waals surface area contributed by atoms with Gasteiger partial charge in [0.2, 0.25) is 0 Å². The lowest BCUT2D eigenvalue weighted by molar-refractivity contribution is 0.166. The summed E-state index contributed by atoms with van der Waals surface area (Å²) in [6, 6.07) is 6.88. The van der Waals surface area contributed by atoms with Crippen molar-refractivity contribution in [3.63, 3.8) is 0 Å². The minimum Gasteiger partial charge on any atom is -0.458 e. The standard InChI is InChI=1S/C21H25FN2O4S/c1-21(2,3)29(26)24-10-18-19(22)16(5-6-23-18)17-8-13(11-25)7-14-9-15(12-27-4)28-20(14)17/h5-9,24-25H,10-12H2,1-4H3/t29-/m0/s1. The molecule has 0 saturated heterocycles. The summed E-state index contributed by atoms with van der Waals surface area (Å²) in [6.45, 7) is 5.64. The van der Waals surface area contributed by atoms with Crippen LogP contribution in [0.4, 0.5) is 4.39 Å². The maximum atomic E-state index is 15.3. The van der Waals surface area contributed by atoms with Crippen LogP contribution in [0, 0.1) is 5.82 Å². The molecular weight excluding hydrogens is 395 g/mol. The van der Waals surface area contributed by atoms with Crippen molar-refractivity contribution >= 4 is 22.0 Å². The van der Waals surface area contributed by atoms with Gasteiger partial charge in [-0.15, -0.1) is 0 Å². The zero-order chi connectivity index (χ0) is 21.2. The fourth-order valence-corrected chi connectivity index (χ4v) is 3.64. The number of aliphatic hydroxyl groups is 1. The molecule has 0 bridgehead atoms. The Morgan fingerprint density at radius 1 is 1.28 bits per heavy atom. The molecule has 2 aromatic heterocycles. The number of benzene rings is 1. The monoisotopic (exact) mass is 420 g/mol. The highest BCUT2D eigenvalue weighted by Gasteiger charge is 2.21. The SMILES string of the molecule is COCc1cc2cc(CO)cc(-c3ccnc(CN[S@@](=O)C(C)(C)C)c3F)c2o1. The van der Waals surface area contributed by atoms with Crippen LogP contribution in [0.5, 0.6) is 0 Å². The van der Waals surface area contributed by atoms with Crippen LogP contribution < -0.4 is 4.72 Å². The van der Waals surface area contributed by atoms with Gasteiger partial charge in [0.05, 0.1) is 34.6 Å². The smallest absolute Gasteiger partial charge is 0.154 e. The van der Waals surface area contributed by atoms with Gasteiger partial charge in [-0.1, -0.05) is 0 Å². The highest BCUT2D eigenvalue weighted by Crippen LogP contribution is 2.34. The van der Waals surface area contributed by atoms with Crippen molar-refractivity contribution in [1.29, 1.82) is 0 Å². The molecule has 0 spiro atoms. The van der Waals surface area contributed by atoms with Gasteiger partial charge >= 0.3 is 0 Å². The first-order chi connectivity index (χ1) is 13.7. The zero-order valence-electron chi connectivity index (χ0n) is 16.9. The van der Waals surface area contributed by atoms with E-state index in [1.807, 2.05) is 26.8 Å². The molecule has 0 fully saturated rings. The van der Waals surface area contributed by atoms with Crippen LogP contribution in [0.25, 0.3) is 22.1 Å². The molecule has 29 heavy (non-hydrogen) atoms.